The van der Waals surface area contributed by atoms with Crippen LogP contribution in [0.15, 0.2) is 24.3 Å². The molecule has 0 radical (unpaired) electrons. The van der Waals surface area contributed by atoms with Crippen LogP contribution < -0.4 is 10.6 Å². The molecule has 26 heavy (non-hydrogen) atoms. The molecule has 1 aliphatic carbocycles. The molecule has 3 rings (SSSR count). The molecule has 1 aliphatic heterocycles. The maximum absolute atomic E-state index is 12.1. The van der Waals surface area contributed by atoms with Gasteiger partial charge in [-0.15, -0.1) is 0 Å². The monoisotopic (exact) mass is 377 g/mol. The van der Waals surface area contributed by atoms with E-state index in [9.17, 15) is 9.59 Å². The second kappa shape index (κ2) is 8.76. The number of likely N-dealkylation sites (tertiary alicyclic amines) is 1. The van der Waals surface area contributed by atoms with E-state index in [1.807, 2.05) is 36.1 Å². The lowest BCUT2D eigenvalue weighted by Crippen LogP contribution is -2.44. The van der Waals surface area contributed by atoms with E-state index in [-0.39, 0.29) is 18.0 Å². The first-order valence-electron chi connectivity index (χ1n) is 9.59. The summed E-state index contributed by atoms with van der Waals surface area (Å²) in [5.41, 5.74) is 1.03. The van der Waals surface area contributed by atoms with E-state index in [1.54, 1.807) is 0 Å². The van der Waals surface area contributed by atoms with Gasteiger partial charge in [0, 0.05) is 36.6 Å². The first-order chi connectivity index (χ1) is 12.5. The Kier molecular flexibility index (Phi) is 6.41. The van der Waals surface area contributed by atoms with E-state index >= 15 is 0 Å². The summed E-state index contributed by atoms with van der Waals surface area (Å²) < 4.78 is 0. The van der Waals surface area contributed by atoms with Gasteiger partial charge in [-0.05, 0) is 55.7 Å². The van der Waals surface area contributed by atoms with Gasteiger partial charge in [0.25, 0.3) is 0 Å². The number of urea groups is 1. The minimum atomic E-state index is -0.119. The quantitative estimate of drug-likeness (QED) is 0.824. The zero-order valence-corrected chi connectivity index (χ0v) is 16.1. The highest BCUT2D eigenvalue weighted by molar-refractivity contribution is 6.30. The number of carbonyl (C=O) groups is 2. The van der Waals surface area contributed by atoms with Crippen LogP contribution in [0.2, 0.25) is 5.02 Å². The SMILES string of the molecule is CC1CCN(CC2CCC(NC(=O)NCc3ccc(Cl)cc3)CC2)C1=O. The predicted molar refractivity (Wildman–Crippen MR) is 103 cm³/mol. The molecule has 1 aromatic rings. The summed E-state index contributed by atoms with van der Waals surface area (Å²) in [7, 11) is 0. The van der Waals surface area contributed by atoms with Crippen molar-refractivity contribution in [3.05, 3.63) is 34.9 Å². The Labute approximate surface area is 160 Å². The van der Waals surface area contributed by atoms with Gasteiger partial charge in [-0.1, -0.05) is 30.7 Å². The van der Waals surface area contributed by atoms with Crippen LogP contribution in [0, 0.1) is 11.8 Å². The Morgan fingerprint density at radius 2 is 1.85 bits per heavy atom. The van der Waals surface area contributed by atoms with Crippen LogP contribution in [0.3, 0.4) is 0 Å². The topological polar surface area (TPSA) is 61.4 Å². The van der Waals surface area contributed by atoms with E-state index in [4.69, 9.17) is 11.6 Å². The second-order valence-electron chi connectivity index (χ2n) is 7.65. The number of benzene rings is 1. The van der Waals surface area contributed by atoms with Crippen molar-refractivity contribution in [3.63, 3.8) is 0 Å². The number of hydrogen-bond acceptors (Lipinski definition) is 2. The van der Waals surface area contributed by atoms with E-state index in [1.165, 1.54) is 0 Å². The van der Waals surface area contributed by atoms with Crippen LogP contribution in [0.5, 0.6) is 0 Å². The van der Waals surface area contributed by atoms with E-state index in [0.717, 1.165) is 50.8 Å². The van der Waals surface area contributed by atoms with Crippen molar-refractivity contribution in [2.75, 3.05) is 13.1 Å². The molecular weight excluding hydrogens is 350 g/mol. The Balaban J connectivity index is 1.35. The van der Waals surface area contributed by atoms with E-state index < -0.39 is 0 Å². The highest BCUT2D eigenvalue weighted by Gasteiger charge is 2.31. The van der Waals surface area contributed by atoms with Crippen molar-refractivity contribution in [1.82, 2.24) is 15.5 Å². The Morgan fingerprint density at radius 1 is 1.15 bits per heavy atom. The molecule has 1 atom stereocenters. The van der Waals surface area contributed by atoms with Crippen molar-refractivity contribution in [1.29, 1.82) is 0 Å². The lowest BCUT2D eigenvalue weighted by molar-refractivity contribution is -0.131. The highest BCUT2D eigenvalue weighted by Crippen LogP contribution is 2.27. The molecule has 2 N–H and O–H groups in total. The molecule has 3 amide bonds. The third-order valence-electron chi connectivity index (χ3n) is 5.59. The number of nitrogens with zero attached hydrogens (tertiary/aromatic N) is 1. The van der Waals surface area contributed by atoms with Gasteiger partial charge in [0.05, 0.1) is 0 Å². The molecule has 1 saturated carbocycles. The third kappa shape index (κ3) is 5.13. The molecule has 2 fully saturated rings. The number of amides is 3. The number of rotatable bonds is 5. The van der Waals surface area contributed by atoms with Gasteiger partial charge < -0.3 is 15.5 Å². The van der Waals surface area contributed by atoms with Crippen molar-refractivity contribution in [2.24, 2.45) is 11.8 Å². The fraction of sp³-hybridized carbons (Fsp3) is 0.600. The highest BCUT2D eigenvalue weighted by atomic mass is 35.5. The number of hydrogen-bond donors (Lipinski definition) is 2. The van der Waals surface area contributed by atoms with Crippen LogP contribution in [-0.4, -0.2) is 36.0 Å². The normalized spacial score (nSPS) is 26.0. The Morgan fingerprint density at radius 3 is 2.46 bits per heavy atom. The minimum Gasteiger partial charge on any atom is -0.342 e. The molecule has 142 valence electrons. The van der Waals surface area contributed by atoms with Crippen LogP contribution >= 0.6 is 11.6 Å². The van der Waals surface area contributed by atoms with Gasteiger partial charge in [0.15, 0.2) is 0 Å². The van der Waals surface area contributed by atoms with Crippen molar-refractivity contribution < 1.29 is 9.59 Å². The van der Waals surface area contributed by atoms with Crippen molar-refractivity contribution >= 4 is 23.5 Å². The van der Waals surface area contributed by atoms with Crippen LogP contribution in [0.25, 0.3) is 0 Å². The lowest BCUT2D eigenvalue weighted by Gasteiger charge is -2.31. The third-order valence-corrected chi connectivity index (χ3v) is 5.84. The number of carbonyl (C=O) groups excluding carboxylic acids is 2. The van der Waals surface area contributed by atoms with Crippen LogP contribution in [-0.2, 0) is 11.3 Å². The average molecular weight is 378 g/mol. The van der Waals surface area contributed by atoms with Gasteiger partial charge >= 0.3 is 6.03 Å². The molecule has 0 spiro atoms. The zero-order valence-electron chi connectivity index (χ0n) is 15.3. The molecule has 1 unspecified atom stereocenters. The summed E-state index contributed by atoms with van der Waals surface area (Å²) >= 11 is 5.86. The van der Waals surface area contributed by atoms with Crippen molar-refractivity contribution in [3.8, 4) is 0 Å². The molecule has 1 aromatic carbocycles. The number of nitrogens with one attached hydrogen (secondary N) is 2. The maximum atomic E-state index is 12.1. The van der Waals surface area contributed by atoms with Crippen molar-refractivity contribution in [2.45, 2.75) is 51.6 Å². The van der Waals surface area contributed by atoms with Gasteiger partial charge in [-0.2, -0.15) is 0 Å². The van der Waals surface area contributed by atoms with Gasteiger partial charge in [0.1, 0.15) is 0 Å². The summed E-state index contributed by atoms with van der Waals surface area (Å²) in [4.78, 5) is 26.2. The molecule has 6 heteroatoms. The largest absolute Gasteiger partial charge is 0.342 e. The standard InChI is InChI=1S/C20H28ClN3O2/c1-14-10-11-24(19(14)25)13-16-4-8-18(9-5-16)23-20(26)22-12-15-2-6-17(21)7-3-15/h2-3,6-7,14,16,18H,4-5,8-13H2,1H3,(H2,22,23,26). The van der Waals surface area contributed by atoms with Gasteiger partial charge in [-0.25, -0.2) is 4.79 Å². The number of halogens is 1. The fourth-order valence-corrected chi connectivity index (χ4v) is 4.02. The van der Waals surface area contributed by atoms with E-state index in [0.29, 0.717) is 23.4 Å². The smallest absolute Gasteiger partial charge is 0.315 e. The summed E-state index contributed by atoms with van der Waals surface area (Å²) in [6, 6.07) is 7.58. The first kappa shape index (κ1) is 19.0. The second-order valence-corrected chi connectivity index (χ2v) is 8.08. The average Bonchev–Trinajstić information content (AvgIpc) is 2.95. The molecule has 1 saturated heterocycles. The summed E-state index contributed by atoms with van der Waals surface area (Å²) in [5, 5.41) is 6.67. The molecule has 5 nitrogen and oxygen atoms in total. The maximum Gasteiger partial charge on any atom is 0.315 e. The van der Waals surface area contributed by atoms with Gasteiger partial charge in [0.2, 0.25) is 5.91 Å². The van der Waals surface area contributed by atoms with Gasteiger partial charge in [-0.3, -0.25) is 4.79 Å². The predicted octanol–water partition coefficient (Wildman–Crippen LogP) is 3.57. The van der Waals surface area contributed by atoms with Crippen LogP contribution in [0.4, 0.5) is 4.79 Å². The van der Waals surface area contributed by atoms with E-state index in [2.05, 4.69) is 10.6 Å². The zero-order chi connectivity index (χ0) is 18.5. The minimum absolute atomic E-state index is 0.119. The summed E-state index contributed by atoms with van der Waals surface area (Å²) in [5.74, 6) is 1.07. The molecular formula is C20H28ClN3O2. The Hall–Kier alpha value is -1.75. The molecule has 0 bridgehead atoms. The molecule has 2 aliphatic rings. The molecule has 1 heterocycles. The summed E-state index contributed by atoms with van der Waals surface area (Å²) in [6.07, 6.45) is 5.09. The summed E-state index contributed by atoms with van der Waals surface area (Å²) in [6.45, 7) is 4.31. The lowest BCUT2D eigenvalue weighted by atomic mass is 9.85. The molecule has 0 aromatic heterocycles. The fourth-order valence-electron chi connectivity index (χ4n) is 3.90. The first-order valence-corrected chi connectivity index (χ1v) is 9.96. The Bertz CT molecular complexity index is 626. The van der Waals surface area contributed by atoms with Crippen LogP contribution in [0.1, 0.15) is 44.6 Å².